The van der Waals surface area contributed by atoms with Crippen molar-refractivity contribution in [2.75, 3.05) is 13.7 Å². The zero-order valence-electron chi connectivity index (χ0n) is 18.2. The van der Waals surface area contributed by atoms with Crippen LogP contribution >= 0.6 is 0 Å². The fraction of sp³-hybridized carbons (Fsp3) is 0.565. The van der Waals surface area contributed by atoms with Crippen LogP contribution in [-0.4, -0.2) is 40.5 Å². The molecule has 2 aliphatic rings. The maximum atomic E-state index is 13.3. The molecule has 1 aliphatic carbocycles. The van der Waals surface area contributed by atoms with E-state index in [1.807, 2.05) is 29.2 Å². The summed E-state index contributed by atoms with van der Waals surface area (Å²) in [4.78, 5) is 32.3. The fourth-order valence-corrected chi connectivity index (χ4v) is 4.26. The van der Waals surface area contributed by atoms with E-state index in [0.717, 1.165) is 37.1 Å². The summed E-state index contributed by atoms with van der Waals surface area (Å²) in [6.07, 6.45) is 4.90. The molecule has 4 rings (SSSR count). The Morgan fingerprint density at radius 3 is 2.84 bits per heavy atom. The number of rotatable bonds is 9. The molecule has 2 aromatic rings. The van der Waals surface area contributed by atoms with Crippen LogP contribution in [0.3, 0.4) is 0 Å². The van der Waals surface area contributed by atoms with Crippen LogP contribution in [0.2, 0.25) is 0 Å². The van der Waals surface area contributed by atoms with Gasteiger partial charge in [0.2, 0.25) is 17.7 Å². The zero-order valence-corrected chi connectivity index (χ0v) is 18.2. The molecule has 0 radical (unpaired) electrons. The second-order valence-corrected chi connectivity index (χ2v) is 8.31. The number of ether oxygens (including phenoxy) is 1. The van der Waals surface area contributed by atoms with Crippen molar-refractivity contribution in [2.45, 2.75) is 64.0 Å². The van der Waals surface area contributed by atoms with Crippen molar-refractivity contribution in [3.05, 3.63) is 41.5 Å². The molecular formula is C23H30N4O4. The van der Waals surface area contributed by atoms with Crippen LogP contribution in [-0.2, 0) is 16.1 Å². The lowest BCUT2D eigenvalue weighted by atomic mass is 9.83. The van der Waals surface area contributed by atoms with Gasteiger partial charge in [-0.15, -0.1) is 0 Å². The Balaban J connectivity index is 1.54. The SMILES string of the molecule is CCCCN1C(=O)CCC(C(=O)NCc2nc(C3CC3)no2)C1c1ccccc1OC. The van der Waals surface area contributed by atoms with E-state index in [1.165, 1.54) is 0 Å². The smallest absolute Gasteiger partial charge is 0.246 e. The lowest BCUT2D eigenvalue weighted by Gasteiger charge is -2.41. The molecule has 0 spiro atoms. The predicted octanol–water partition coefficient (Wildman–Crippen LogP) is 3.35. The molecule has 2 amide bonds. The number of carbonyl (C=O) groups is 2. The molecule has 166 valence electrons. The van der Waals surface area contributed by atoms with Crippen LogP contribution in [0.25, 0.3) is 0 Å². The molecular weight excluding hydrogens is 396 g/mol. The minimum absolute atomic E-state index is 0.0828. The lowest BCUT2D eigenvalue weighted by molar-refractivity contribution is -0.143. The van der Waals surface area contributed by atoms with Crippen molar-refractivity contribution in [3.63, 3.8) is 0 Å². The number of para-hydroxylation sites is 1. The van der Waals surface area contributed by atoms with Gasteiger partial charge < -0.3 is 19.5 Å². The molecule has 1 saturated heterocycles. The summed E-state index contributed by atoms with van der Waals surface area (Å²) in [5.41, 5.74) is 0.864. The Morgan fingerprint density at radius 2 is 2.10 bits per heavy atom. The molecule has 0 bridgehead atoms. The number of likely N-dealkylation sites (tertiary alicyclic amines) is 1. The molecule has 1 saturated carbocycles. The van der Waals surface area contributed by atoms with E-state index in [4.69, 9.17) is 9.26 Å². The summed E-state index contributed by atoms with van der Waals surface area (Å²) in [7, 11) is 1.61. The number of unbranched alkanes of at least 4 members (excludes halogenated alkanes) is 1. The largest absolute Gasteiger partial charge is 0.496 e. The normalized spacial score (nSPS) is 21.2. The fourth-order valence-electron chi connectivity index (χ4n) is 4.26. The average Bonchev–Trinajstić information content (AvgIpc) is 3.54. The monoisotopic (exact) mass is 426 g/mol. The molecule has 1 aliphatic heterocycles. The molecule has 2 atom stereocenters. The number of carbonyl (C=O) groups excluding carboxylic acids is 2. The molecule has 31 heavy (non-hydrogen) atoms. The Kier molecular flexibility index (Phi) is 6.53. The van der Waals surface area contributed by atoms with Gasteiger partial charge in [-0.05, 0) is 31.7 Å². The topological polar surface area (TPSA) is 97.6 Å². The van der Waals surface area contributed by atoms with Crippen LogP contribution < -0.4 is 10.1 Å². The minimum atomic E-state index is -0.378. The number of hydrogen-bond acceptors (Lipinski definition) is 6. The van der Waals surface area contributed by atoms with Gasteiger partial charge in [-0.1, -0.05) is 36.7 Å². The number of benzene rings is 1. The number of amides is 2. The van der Waals surface area contributed by atoms with Gasteiger partial charge in [0.1, 0.15) is 5.75 Å². The third-order valence-corrected chi connectivity index (χ3v) is 6.09. The summed E-state index contributed by atoms with van der Waals surface area (Å²) in [6, 6.07) is 7.27. The second kappa shape index (κ2) is 9.49. The lowest BCUT2D eigenvalue weighted by Crippen LogP contribution is -2.48. The van der Waals surface area contributed by atoms with Gasteiger partial charge in [0, 0.05) is 24.4 Å². The summed E-state index contributed by atoms with van der Waals surface area (Å²) in [5, 5.41) is 6.96. The molecule has 1 aromatic heterocycles. The molecule has 8 nitrogen and oxygen atoms in total. The van der Waals surface area contributed by atoms with Gasteiger partial charge in [0.15, 0.2) is 5.82 Å². The zero-order chi connectivity index (χ0) is 21.8. The minimum Gasteiger partial charge on any atom is -0.496 e. The molecule has 2 heterocycles. The highest BCUT2D eigenvalue weighted by molar-refractivity contribution is 5.85. The van der Waals surface area contributed by atoms with Gasteiger partial charge in [-0.3, -0.25) is 9.59 Å². The maximum Gasteiger partial charge on any atom is 0.246 e. The van der Waals surface area contributed by atoms with E-state index in [9.17, 15) is 9.59 Å². The standard InChI is InChI=1S/C23H30N4O4/c1-3-4-13-27-20(28)12-11-17(21(27)16-7-5-6-8-18(16)30-2)23(29)24-14-19-25-22(26-31-19)15-9-10-15/h5-8,15,17,21H,3-4,9-14H2,1-2H3,(H,24,29). The van der Waals surface area contributed by atoms with Crippen LogP contribution in [0.1, 0.15) is 74.7 Å². The Morgan fingerprint density at radius 1 is 1.29 bits per heavy atom. The number of aromatic nitrogens is 2. The van der Waals surface area contributed by atoms with Crippen molar-refractivity contribution in [2.24, 2.45) is 5.92 Å². The first-order chi connectivity index (χ1) is 15.1. The molecule has 2 unspecified atom stereocenters. The second-order valence-electron chi connectivity index (χ2n) is 8.31. The number of piperidine rings is 1. The average molecular weight is 427 g/mol. The van der Waals surface area contributed by atoms with Crippen molar-refractivity contribution in [1.29, 1.82) is 0 Å². The number of nitrogens with one attached hydrogen (secondary N) is 1. The van der Waals surface area contributed by atoms with Gasteiger partial charge in [0.05, 0.1) is 25.6 Å². The first-order valence-corrected chi connectivity index (χ1v) is 11.1. The highest BCUT2D eigenvalue weighted by Gasteiger charge is 2.41. The van der Waals surface area contributed by atoms with Crippen LogP contribution in [0.5, 0.6) is 5.75 Å². The van der Waals surface area contributed by atoms with Crippen LogP contribution in [0, 0.1) is 5.92 Å². The summed E-state index contributed by atoms with van der Waals surface area (Å²) in [5.74, 6) is 1.82. The Hall–Kier alpha value is -2.90. The van der Waals surface area contributed by atoms with Crippen molar-refractivity contribution < 1.29 is 18.8 Å². The third kappa shape index (κ3) is 4.73. The molecule has 1 aromatic carbocycles. The molecule has 8 heteroatoms. The first-order valence-electron chi connectivity index (χ1n) is 11.1. The van der Waals surface area contributed by atoms with E-state index < -0.39 is 0 Å². The van der Waals surface area contributed by atoms with Crippen molar-refractivity contribution in [3.8, 4) is 5.75 Å². The summed E-state index contributed by atoms with van der Waals surface area (Å²) >= 11 is 0. The molecule has 2 fully saturated rings. The predicted molar refractivity (Wildman–Crippen MR) is 113 cm³/mol. The Labute approximate surface area is 182 Å². The van der Waals surface area contributed by atoms with Crippen LogP contribution in [0.4, 0.5) is 0 Å². The van der Waals surface area contributed by atoms with E-state index in [-0.39, 0.29) is 30.3 Å². The number of hydrogen-bond donors (Lipinski definition) is 1. The van der Waals surface area contributed by atoms with Gasteiger partial charge in [0.25, 0.3) is 0 Å². The van der Waals surface area contributed by atoms with E-state index in [1.54, 1.807) is 7.11 Å². The highest BCUT2D eigenvalue weighted by atomic mass is 16.5. The van der Waals surface area contributed by atoms with Gasteiger partial charge in [-0.2, -0.15) is 4.98 Å². The van der Waals surface area contributed by atoms with Crippen molar-refractivity contribution in [1.82, 2.24) is 20.4 Å². The Bertz CT molecular complexity index is 924. The van der Waals surface area contributed by atoms with E-state index in [2.05, 4.69) is 22.4 Å². The van der Waals surface area contributed by atoms with E-state index >= 15 is 0 Å². The van der Waals surface area contributed by atoms with E-state index in [0.29, 0.717) is 36.9 Å². The van der Waals surface area contributed by atoms with Gasteiger partial charge >= 0.3 is 0 Å². The summed E-state index contributed by atoms with van der Waals surface area (Å²) < 4.78 is 10.9. The first kappa shape index (κ1) is 21.3. The van der Waals surface area contributed by atoms with Crippen molar-refractivity contribution >= 4 is 11.8 Å². The number of nitrogens with zero attached hydrogens (tertiary/aromatic N) is 3. The number of methoxy groups -OCH3 is 1. The quantitative estimate of drug-likeness (QED) is 0.660. The van der Waals surface area contributed by atoms with Gasteiger partial charge in [-0.25, -0.2) is 0 Å². The molecule has 1 N–H and O–H groups in total. The maximum absolute atomic E-state index is 13.3. The van der Waals surface area contributed by atoms with Crippen LogP contribution in [0.15, 0.2) is 28.8 Å². The summed E-state index contributed by atoms with van der Waals surface area (Å²) in [6.45, 7) is 2.91. The third-order valence-electron chi connectivity index (χ3n) is 6.09. The highest BCUT2D eigenvalue weighted by Crippen LogP contribution is 2.41.